The molecule has 0 aromatic heterocycles. The average molecular weight is 254 g/mol. The number of nitrogens with zero attached hydrogens (tertiary/aromatic N) is 1. The van der Waals surface area contributed by atoms with Crippen molar-refractivity contribution in [3.63, 3.8) is 0 Å². The summed E-state index contributed by atoms with van der Waals surface area (Å²) in [6.45, 7) is 3.23. The molecule has 2 aliphatic rings. The normalized spacial score (nSPS) is 26.3. The van der Waals surface area contributed by atoms with E-state index in [4.69, 9.17) is 4.74 Å². The lowest BCUT2D eigenvalue weighted by molar-refractivity contribution is -0.144. The van der Waals surface area contributed by atoms with Crippen LogP contribution in [0.1, 0.15) is 38.5 Å². The lowest BCUT2D eigenvalue weighted by atomic mass is 9.88. The lowest BCUT2D eigenvalue weighted by Crippen LogP contribution is -2.48. The minimum Gasteiger partial charge on any atom is -0.374 e. The summed E-state index contributed by atoms with van der Waals surface area (Å²) in [5.41, 5.74) is 0. The third-order valence-electron chi connectivity index (χ3n) is 4.12. The SMILES string of the molecule is CNCCC1CN(C(=O)C2CCCCC2)CCO1. The van der Waals surface area contributed by atoms with Crippen molar-refractivity contribution in [1.29, 1.82) is 0 Å². The first-order valence-electron chi connectivity index (χ1n) is 7.36. The summed E-state index contributed by atoms with van der Waals surface area (Å²) in [5, 5.41) is 3.14. The van der Waals surface area contributed by atoms with Gasteiger partial charge in [-0.05, 0) is 32.9 Å². The third-order valence-corrected chi connectivity index (χ3v) is 4.12. The monoisotopic (exact) mass is 254 g/mol. The van der Waals surface area contributed by atoms with Gasteiger partial charge in [-0.15, -0.1) is 0 Å². The minimum atomic E-state index is 0.221. The predicted molar refractivity (Wildman–Crippen MR) is 71.4 cm³/mol. The van der Waals surface area contributed by atoms with Crippen LogP contribution in [0.15, 0.2) is 0 Å². The van der Waals surface area contributed by atoms with E-state index in [1.165, 1.54) is 19.3 Å². The largest absolute Gasteiger partial charge is 0.374 e. The molecule has 4 heteroatoms. The van der Waals surface area contributed by atoms with Gasteiger partial charge in [0.25, 0.3) is 0 Å². The molecule has 1 heterocycles. The molecule has 4 nitrogen and oxygen atoms in total. The number of rotatable bonds is 4. The maximum Gasteiger partial charge on any atom is 0.225 e. The second-order valence-corrected chi connectivity index (χ2v) is 5.50. The molecule has 0 aromatic rings. The molecule has 2 fully saturated rings. The summed E-state index contributed by atoms with van der Waals surface area (Å²) in [5.74, 6) is 0.675. The second-order valence-electron chi connectivity index (χ2n) is 5.50. The quantitative estimate of drug-likeness (QED) is 0.824. The lowest BCUT2D eigenvalue weighted by Gasteiger charge is -2.36. The number of nitrogens with one attached hydrogen (secondary N) is 1. The van der Waals surface area contributed by atoms with E-state index in [0.29, 0.717) is 18.4 Å². The number of carbonyl (C=O) groups excluding carboxylic acids is 1. The van der Waals surface area contributed by atoms with Crippen molar-refractivity contribution < 1.29 is 9.53 Å². The summed E-state index contributed by atoms with van der Waals surface area (Å²) < 4.78 is 5.71. The van der Waals surface area contributed by atoms with E-state index in [-0.39, 0.29) is 6.10 Å². The molecule has 1 saturated carbocycles. The highest BCUT2D eigenvalue weighted by atomic mass is 16.5. The van der Waals surface area contributed by atoms with Gasteiger partial charge in [0.05, 0.1) is 12.7 Å². The van der Waals surface area contributed by atoms with Crippen molar-refractivity contribution in [1.82, 2.24) is 10.2 Å². The molecule has 0 radical (unpaired) electrons. The van der Waals surface area contributed by atoms with Gasteiger partial charge < -0.3 is 15.0 Å². The van der Waals surface area contributed by atoms with Crippen LogP contribution >= 0.6 is 0 Å². The van der Waals surface area contributed by atoms with E-state index >= 15 is 0 Å². The van der Waals surface area contributed by atoms with Gasteiger partial charge in [-0.3, -0.25) is 4.79 Å². The molecular formula is C14H26N2O2. The van der Waals surface area contributed by atoms with Gasteiger partial charge in [0.1, 0.15) is 0 Å². The smallest absolute Gasteiger partial charge is 0.225 e. The molecule has 0 bridgehead atoms. The van der Waals surface area contributed by atoms with Crippen molar-refractivity contribution in [2.75, 3.05) is 33.3 Å². The molecule has 1 N–H and O–H groups in total. The first kappa shape index (κ1) is 13.8. The number of ether oxygens (including phenoxy) is 1. The van der Waals surface area contributed by atoms with Crippen LogP contribution < -0.4 is 5.32 Å². The van der Waals surface area contributed by atoms with Crippen molar-refractivity contribution in [2.24, 2.45) is 5.92 Å². The van der Waals surface area contributed by atoms with E-state index in [1.807, 2.05) is 11.9 Å². The fourth-order valence-electron chi connectivity index (χ4n) is 3.01. The highest BCUT2D eigenvalue weighted by Crippen LogP contribution is 2.26. The molecule has 1 atom stereocenters. The standard InChI is InChI=1S/C14H26N2O2/c1-15-8-7-13-11-16(9-10-18-13)14(17)12-5-3-2-4-6-12/h12-13,15H,2-11H2,1H3. The summed E-state index contributed by atoms with van der Waals surface area (Å²) in [7, 11) is 1.95. The zero-order valence-electron chi connectivity index (χ0n) is 11.5. The van der Waals surface area contributed by atoms with Crippen LogP contribution in [0.2, 0.25) is 0 Å². The Morgan fingerprint density at radius 2 is 2.11 bits per heavy atom. The highest BCUT2D eigenvalue weighted by molar-refractivity contribution is 5.79. The topological polar surface area (TPSA) is 41.6 Å². The van der Waals surface area contributed by atoms with Gasteiger partial charge in [-0.1, -0.05) is 19.3 Å². The van der Waals surface area contributed by atoms with Crippen LogP contribution in [-0.4, -0.2) is 50.2 Å². The van der Waals surface area contributed by atoms with Crippen LogP contribution in [0.4, 0.5) is 0 Å². The Bertz CT molecular complexity index is 265. The summed E-state index contributed by atoms with van der Waals surface area (Å²) in [6.07, 6.45) is 7.16. The van der Waals surface area contributed by atoms with Crippen molar-refractivity contribution in [2.45, 2.75) is 44.6 Å². The Hall–Kier alpha value is -0.610. The molecule has 1 aliphatic heterocycles. The summed E-state index contributed by atoms with van der Waals surface area (Å²) in [6, 6.07) is 0. The van der Waals surface area contributed by atoms with Crippen molar-refractivity contribution in [3.05, 3.63) is 0 Å². The minimum absolute atomic E-state index is 0.221. The van der Waals surface area contributed by atoms with E-state index < -0.39 is 0 Å². The summed E-state index contributed by atoms with van der Waals surface area (Å²) >= 11 is 0. The molecule has 104 valence electrons. The van der Waals surface area contributed by atoms with E-state index in [0.717, 1.165) is 38.9 Å². The van der Waals surface area contributed by atoms with Crippen LogP contribution in [0.3, 0.4) is 0 Å². The molecule has 2 rings (SSSR count). The second kappa shape index (κ2) is 7.10. The molecule has 1 saturated heterocycles. The first-order valence-corrected chi connectivity index (χ1v) is 7.36. The van der Waals surface area contributed by atoms with E-state index in [1.54, 1.807) is 0 Å². The molecular weight excluding hydrogens is 228 g/mol. The number of hydrogen-bond donors (Lipinski definition) is 1. The fraction of sp³-hybridized carbons (Fsp3) is 0.929. The number of hydrogen-bond acceptors (Lipinski definition) is 3. The molecule has 1 unspecified atom stereocenters. The Kier molecular flexibility index (Phi) is 5.45. The Morgan fingerprint density at radius 3 is 2.83 bits per heavy atom. The van der Waals surface area contributed by atoms with Crippen LogP contribution in [-0.2, 0) is 9.53 Å². The molecule has 1 amide bonds. The fourth-order valence-corrected chi connectivity index (χ4v) is 3.01. The molecule has 18 heavy (non-hydrogen) atoms. The van der Waals surface area contributed by atoms with E-state index in [9.17, 15) is 4.79 Å². The Labute approximate surface area is 110 Å². The predicted octanol–water partition coefficient (Wildman–Crippen LogP) is 1.40. The number of carbonyl (C=O) groups is 1. The molecule has 0 spiro atoms. The number of amides is 1. The first-order chi connectivity index (χ1) is 8.81. The summed E-state index contributed by atoms with van der Waals surface area (Å²) in [4.78, 5) is 14.5. The molecule has 0 aromatic carbocycles. The third kappa shape index (κ3) is 3.69. The molecule has 1 aliphatic carbocycles. The van der Waals surface area contributed by atoms with Gasteiger partial charge in [0, 0.05) is 19.0 Å². The zero-order valence-corrected chi connectivity index (χ0v) is 11.5. The van der Waals surface area contributed by atoms with Crippen molar-refractivity contribution >= 4 is 5.91 Å². The van der Waals surface area contributed by atoms with E-state index in [2.05, 4.69) is 5.32 Å². The van der Waals surface area contributed by atoms with Crippen LogP contribution in [0.25, 0.3) is 0 Å². The Morgan fingerprint density at radius 1 is 1.33 bits per heavy atom. The van der Waals surface area contributed by atoms with Gasteiger partial charge in [-0.2, -0.15) is 0 Å². The number of morpholine rings is 1. The van der Waals surface area contributed by atoms with Crippen LogP contribution in [0.5, 0.6) is 0 Å². The maximum absolute atomic E-state index is 12.4. The van der Waals surface area contributed by atoms with Crippen molar-refractivity contribution in [3.8, 4) is 0 Å². The van der Waals surface area contributed by atoms with Crippen LogP contribution in [0, 0.1) is 5.92 Å². The van der Waals surface area contributed by atoms with Gasteiger partial charge in [-0.25, -0.2) is 0 Å². The Balaban J connectivity index is 1.81. The van der Waals surface area contributed by atoms with Gasteiger partial charge >= 0.3 is 0 Å². The van der Waals surface area contributed by atoms with Gasteiger partial charge in [0.15, 0.2) is 0 Å². The van der Waals surface area contributed by atoms with Gasteiger partial charge in [0.2, 0.25) is 5.91 Å². The maximum atomic E-state index is 12.4. The average Bonchev–Trinajstić information content (AvgIpc) is 2.45. The zero-order chi connectivity index (χ0) is 12.8. The highest BCUT2D eigenvalue weighted by Gasteiger charge is 2.29.